The maximum absolute atomic E-state index is 13.3. The molecule has 2 unspecified atom stereocenters. The third-order valence-electron chi connectivity index (χ3n) is 9.23. The van der Waals surface area contributed by atoms with Gasteiger partial charge in [-0.15, -0.1) is 0 Å². The Hall–Kier alpha value is -2.81. The fourth-order valence-corrected chi connectivity index (χ4v) is 7.25. The Morgan fingerprint density at radius 3 is 2.49 bits per heavy atom. The van der Waals surface area contributed by atoms with Gasteiger partial charge in [-0.05, 0) is 74.0 Å². The van der Waals surface area contributed by atoms with Gasteiger partial charge in [0.05, 0.1) is 23.2 Å². The molecule has 0 aliphatic carbocycles. The van der Waals surface area contributed by atoms with Crippen LogP contribution in [-0.4, -0.2) is 85.3 Å². The maximum Gasteiger partial charge on any atom is 0.254 e. The van der Waals surface area contributed by atoms with E-state index in [9.17, 15) is 14.4 Å². The lowest BCUT2D eigenvalue weighted by atomic mass is 9.82. The number of benzene rings is 2. The molecule has 0 radical (unpaired) electrons. The minimum atomic E-state index is -0.790. The molecule has 2 fully saturated rings. The Balaban J connectivity index is 1.38. The summed E-state index contributed by atoms with van der Waals surface area (Å²) in [6.07, 6.45) is 4.28. The lowest BCUT2D eigenvalue weighted by Gasteiger charge is -2.48. The van der Waals surface area contributed by atoms with Crippen molar-refractivity contribution in [2.45, 2.75) is 56.0 Å². The lowest BCUT2D eigenvalue weighted by molar-refractivity contribution is -0.153. The van der Waals surface area contributed by atoms with E-state index in [0.29, 0.717) is 60.3 Å². The molecule has 3 amide bonds. The van der Waals surface area contributed by atoms with E-state index in [1.165, 1.54) is 0 Å². The summed E-state index contributed by atoms with van der Waals surface area (Å²) in [5.41, 5.74) is 1.85. The zero-order valence-corrected chi connectivity index (χ0v) is 25.4. The smallest absolute Gasteiger partial charge is 0.254 e. The summed E-state index contributed by atoms with van der Waals surface area (Å²) in [5, 5.41) is 3.80. The summed E-state index contributed by atoms with van der Waals surface area (Å²) in [7, 11) is 5.09. The molecule has 3 heterocycles. The van der Waals surface area contributed by atoms with Gasteiger partial charge in [0.1, 0.15) is 11.3 Å². The first-order chi connectivity index (χ1) is 19.7. The SMILES string of the molecule is CNC(=O)C1(N2CCCCC2=O)CCN(CCC(c2ccc(Cl)c(Cl)c2)C2c3ccc(OC)cc3C(=O)N2C)CC1. The minimum Gasteiger partial charge on any atom is -0.497 e. The number of nitrogens with one attached hydrogen (secondary N) is 1. The first kappa shape index (κ1) is 29.7. The van der Waals surface area contributed by atoms with Crippen molar-refractivity contribution < 1.29 is 19.1 Å². The van der Waals surface area contributed by atoms with Crippen molar-refractivity contribution in [2.75, 3.05) is 47.4 Å². The van der Waals surface area contributed by atoms with Crippen molar-refractivity contribution in [1.29, 1.82) is 0 Å². The van der Waals surface area contributed by atoms with Crippen molar-refractivity contribution in [3.05, 3.63) is 63.1 Å². The van der Waals surface area contributed by atoms with Crippen LogP contribution in [0.15, 0.2) is 36.4 Å². The number of amides is 3. The van der Waals surface area contributed by atoms with E-state index in [0.717, 1.165) is 36.9 Å². The van der Waals surface area contributed by atoms with Crippen LogP contribution in [0.4, 0.5) is 0 Å². The molecule has 3 aliphatic rings. The molecule has 220 valence electrons. The van der Waals surface area contributed by atoms with Crippen LogP contribution in [0.2, 0.25) is 10.0 Å². The number of likely N-dealkylation sites (tertiary alicyclic amines) is 2. The topological polar surface area (TPSA) is 82.2 Å². The molecule has 10 heteroatoms. The molecule has 2 saturated heterocycles. The number of likely N-dealkylation sites (N-methyl/N-ethyl adjacent to an activating group) is 2. The third-order valence-corrected chi connectivity index (χ3v) is 9.97. The summed E-state index contributed by atoms with van der Waals surface area (Å²) in [4.78, 5) is 45.3. The van der Waals surface area contributed by atoms with Crippen LogP contribution in [0.1, 0.15) is 72.0 Å². The van der Waals surface area contributed by atoms with Gasteiger partial charge in [-0.25, -0.2) is 0 Å². The average molecular weight is 602 g/mol. The van der Waals surface area contributed by atoms with Gasteiger partial charge in [0, 0.05) is 51.6 Å². The van der Waals surface area contributed by atoms with E-state index < -0.39 is 5.54 Å². The van der Waals surface area contributed by atoms with Crippen molar-refractivity contribution in [3.8, 4) is 5.75 Å². The quantitative estimate of drug-likeness (QED) is 0.466. The number of halogens is 2. The van der Waals surface area contributed by atoms with Gasteiger partial charge < -0.3 is 24.8 Å². The number of fused-ring (bicyclic) bond motifs is 1. The van der Waals surface area contributed by atoms with E-state index >= 15 is 0 Å². The molecule has 1 N–H and O–H groups in total. The molecule has 8 nitrogen and oxygen atoms in total. The van der Waals surface area contributed by atoms with Crippen molar-refractivity contribution in [1.82, 2.24) is 20.0 Å². The Labute approximate surface area is 251 Å². The largest absolute Gasteiger partial charge is 0.497 e. The standard InChI is InChI=1S/C31H38Cl2N4O4/c1-34-30(40)31(37-14-5-4-6-27(37)38)12-16-36(17-13-31)15-11-22(20-7-10-25(32)26(33)18-20)28-23-9-8-21(41-3)19-24(23)29(39)35(28)2/h7-10,18-19,22,28H,4-6,11-17H2,1-3H3,(H,34,40). The summed E-state index contributed by atoms with van der Waals surface area (Å²) < 4.78 is 5.39. The summed E-state index contributed by atoms with van der Waals surface area (Å²) in [6.45, 7) is 2.82. The molecular weight excluding hydrogens is 563 g/mol. The number of methoxy groups -OCH3 is 1. The third kappa shape index (κ3) is 5.54. The Kier molecular flexibility index (Phi) is 8.83. The first-order valence-corrected chi connectivity index (χ1v) is 15.1. The number of piperidine rings is 2. The highest BCUT2D eigenvalue weighted by molar-refractivity contribution is 6.42. The maximum atomic E-state index is 13.3. The normalized spacial score (nSPS) is 21.5. The second-order valence-corrected chi connectivity index (χ2v) is 12.2. The van der Waals surface area contributed by atoms with Crippen molar-refractivity contribution >= 4 is 40.9 Å². The van der Waals surface area contributed by atoms with E-state index in [2.05, 4.69) is 10.2 Å². The molecule has 0 aromatic heterocycles. The monoisotopic (exact) mass is 600 g/mol. The lowest BCUT2D eigenvalue weighted by Crippen LogP contribution is -2.65. The van der Waals surface area contributed by atoms with Crippen LogP contribution in [0, 0.1) is 0 Å². The van der Waals surface area contributed by atoms with Crippen molar-refractivity contribution in [3.63, 3.8) is 0 Å². The molecular formula is C31H38Cl2N4O4. The average Bonchev–Trinajstić information content (AvgIpc) is 3.23. The Bertz CT molecular complexity index is 1330. The molecule has 0 saturated carbocycles. The molecule has 2 aromatic carbocycles. The summed E-state index contributed by atoms with van der Waals surface area (Å²) in [5.74, 6) is 0.588. The van der Waals surface area contributed by atoms with E-state index in [1.807, 2.05) is 53.2 Å². The van der Waals surface area contributed by atoms with Gasteiger partial charge in [0.15, 0.2) is 0 Å². The van der Waals surface area contributed by atoms with E-state index in [4.69, 9.17) is 27.9 Å². The first-order valence-electron chi connectivity index (χ1n) is 14.3. The van der Waals surface area contributed by atoms with Crippen LogP contribution in [0.25, 0.3) is 0 Å². The zero-order chi connectivity index (χ0) is 29.3. The number of carbonyl (C=O) groups excluding carboxylic acids is 3. The van der Waals surface area contributed by atoms with Crippen LogP contribution in [0.3, 0.4) is 0 Å². The molecule has 0 bridgehead atoms. The predicted molar refractivity (Wildman–Crippen MR) is 160 cm³/mol. The van der Waals surface area contributed by atoms with Crippen LogP contribution < -0.4 is 10.1 Å². The second kappa shape index (κ2) is 12.2. The predicted octanol–water partition coefficient (Wildman–Crippen LogP) is 4.90. The minimum absolute atomic E-state index is 0.0338. The number of hydrogen-bond acceptors (Lipinski definition) is 5. The second-order valence-electron chi connectivity index (χ2n) is 11.3. The van der Waals surface area contributed by atoms with Gasteiger partial charge in [-0.2, -0.15) is 0 Å². The summed E-state index contributed by atoms with van der Waals surface area (Å²) >= 11 is 12.7. The van der Waals surface area contributed by atoms with Gasteiger partial charge in [-0.3, -0.25) is 14.4 Å². The highest BCUT2D eigenvalue weighted by atomic mass is 35.5. The fourth-order valence-electron chi connectivity index (χ4n) is 6.95. The number of hydrogen-bond donors (Lipinski definition) is 1. The molecule has 0 spiro atoms. The number of rotatable bonds is 8. The highest BCUT2D eigenvalue weighted by Crippen LogP contribution is 2.46. The number of ether oxygens (including phenoxy) is 1. The van der Waals surface area contributed by atoms with Gasteiger partial charge in [0.2, 0.25) is 11.8 Å². The summed E-state index contributed by atoms with van der Waals surface area (Å²) in [6, 6.07) is 11.2. The van der Waals surface area contributed by atoms with Crippen molar-refractivity contribution in [2.24, 2.45) is 0 Å². The molecule has 3 aliphatic heterocycles. The Morgan fingerprint density at radius 1 is 1.07 bits per heavy atom. The Morgan fingerprint density at radius 2 is 1.83 bits per heavy atom. The fraction of sp³-hybridized carbons (Fsp3) is 0.516. The zero-order valence-electron chi connectivity index (χ0n) is 23.9. The highest BCUT2D eigenvalue weighted by Gasteiger charge is 2.48. The van der Waals surface area contributed by atoms with E-state index in [1.54, 1.807) is 14.2 Å². The number of nitrogens with zero attached hydrogens (tertiary/aromatic N) is 3. The van der Waals surface area contributed by atoms with E-state index in [-0.39, 0.29) is 29.7 Å². The molecule has 2 aromatic rings. The van der Waals surface area contributed by atoms with Crippen LogP contribution >= 0.6 is 23.2 Å². The number of carbonyl (C=O) groups is 3. The van der Waals surface area contributed by atoms with Gasteiger partial charge in [0.25, 0.3) is 5.91 Å². The molecule has 41 heavy (non-hydrogen) atoms. The molecule has 2 atom stereocenters. The van der Waals surface area contributed by atoms with Gasteiger partial charge >= 0.3 is 0 Å². The van der Waals surface area contributed by atoms with Crippen LogP contribution in [-0.2, 0) is 9.59 Å². The van der Waals surface area contributed by atoms with Gasteiger partial charge in [-0.1, -0.05) is 35.3 Å². The molecule has 5 rings (SSSR count). The van der Waals surface area contributed by atoms with Crippen LogP contribution in [0.5, 0.6) is 5.75 Å².